The van der Waals surface area contributed by atoms with Crippen LogP contribution in [0.2, 0.25) is 0 Å². The number of methoxy groups -OCH3 is 1. The Balaban J connectivity index is 1.92. The SMILES string of the molecule is COc1ccc(OC(C)C(=O)N(C)C2CCCCCC2)cc1. The van der Waals surface area contributed by atoms with E-state index in [4.69, 9.17) is 9.47 Å². The number of rotatable bonds is 5. The van der Waals surface area contributed by atoms with Crippen molar-refractivity contribution in [3.63, 3.8) is 0 Å². The summed E-state index contributed by atoms with van der Waals surface area (Å²) in [5, 5.41) is 0. The van der Waals surface area contributed by atoms with Gasteiger partial charge >= 0.3 is 0 Å². The van der Waals surface area contributed by atoms with Gasteiger partial charge in [-0.15, -0.1) is 0 Å². The number of benzene rings is 1. The minimum Gasteiger partial charge on any atom is -0.497 e. The van der Waals surface area contributed by atoms with Crippen LogP contribution in [0.15, 0.2) is 24.3 Å². The molecule has 0 spiro atoms. The Labute approximate surface area is 133 Å². The number of hydrogen-bond donors (Lipinski definition) is 0. The highest BCUT2D eigenvalue weighted by Crippen LogP contribution is 2.23. The largest absolute Gasteiger partial charge is 0.497 e. The van der Waals surface area contributed by atoms with E-state index in [-0.39, 0.29) is 5.91 Å². The van der Waals surface area contributed by atoms with Crippen molar-refractivity contribution in [2.45, 2.75) is 57.6 Å². The lowest BCUT2D eigenvalue weighted by Gasteiger charge is -2.29. The van der Waals surface area contributed by atoms with Gasteiger partial charge in [0.05, 0.1) is 7.11 Å². The van der Waals surface area contributed by atoms with Crippen molar-refractivity contribution in [3.05, 3.63) is 24.3 Å². The van der Waals surface area contributed by atoms with Crippen molar-refractivity contribution in [2.75, 3.05) is 14.2 Å². The van der Waals surface area contributed by atoms with Gasteiger partial charge in [-0.05, 0) is 44.0 Å². The summed E-state index contributed by atoms with van der Waals surface area (Å²) in [6.07, 6.45) is 6.76. The van der Waals surface area contributed by atoms with Gasteiger partial charge in [0.25, 0.3) is 5.91 Å². The molecule has 0 radical (unpaired) electrons. The molecule has 122 valence electrons. The fourth-order valence-corrected chi connectivity index (χ4v) is 3.02. The fourth-order valence-electron chi connectivity index (χ4n) is 3.02. The summed E-state index contributed by atoms with van der Waals surface area (Å²) in [4.78, 5) is 14.4. The maximum atomic E-state index is 12.6. The number of nitrogens with zero attached hydrogens (tertiary/aromatic N) is 1. The molecule has 1 amide bonds. The van der Waals surface area contributed by atoms with Crippen LogP contribution in [-0.2, 0) is 4.79 Å². The summed E-state index contributed by atoms with van der Waals surface area (Å²) in [5.74, 6) is 1.53. The number of likely N-dealkylation sites (N-methyl/N-ethyl adjacent to an activating group) is 1. The molecule has 1 fully saturated rings. The van der Waals surface area contributed by atoms with Gasteiger partial charge < -0.3 is 14.4 Å². The molecule has 0 N–H and O–H groups in total. The monoisotopic (exact) mass is 305 g/mol. The molecule has 2 rings (SSSR count). The lowest BCUT2D eigenvalue weighted by atomic mass is 10.1. The lowest BCUT2D eigenvalue weighted by molar-refractivity contribution is -0.139. The molecule has 0 bridgehead atoms. The molecular formula is C18H27NO3. The van der Waals surface area contributed by atoms with Crippen LogP contribution in [0.1, 0.15) is 45.4 Å². The highest BCUT2D eigenvalue weighted by Gasteiger charge is 2.26. The van der Waals surface area contributed by atoms with Crippen LogP contribution in [0.4, 0.5) is 0 Å². The minimum absolute atomic E-state index is 0.0581. The average molecular weight is 305 g/mol. The maximum absolute atomic E-state index is 12.6. The molecule has 1 aromatic carbocycles. The van der Waals surface area contributed by atoms with Crippen LogP contribution in [0.5, 0.6) is 11.5 Å². The standard InChI is InChI=1S/C18H27NO3/c1-14(22-17-12-10-16(21-3)11-13-17)18(20)19(2)15-8-6-4-5-7-9-15/h10-15H,4-9H2,1-3H3. The molecule has 0 aliphatic heterocycles. The zero-order valence-corrected chi connectivity index (χ0v) is 13.9. The number of carbonyl (C=O) groups is 1. The van der Waals surface area contributed by atoms with E-state index in [0.29, 0.717) is 11.8 Å². The Hall–Kier alpha value is -1.71. The smallest absolute Gasteiger partial charge is 0.263 e. The van der Waals surface area contributed by atoms with E-state index in [0.717, 1.165) is 18.6 Å². The molecular weight excluding hydrogens is 278 g/mol. The van der Waals surface area contributed by atoms with Crippen LogP contribution in [0, 0.1) is 0 Å². The van der Waals surface area contributed by atoms with Crippen molar-refractivity contribution in [1.29, 1.82) is 0 Å². The molecule has 1 aromatic rings. The second-order valence-electron chi connectivity index (χ2n) is 6.03. The first-order valence-electron chi connectivity index (χ1n) is 8.19. The predicted molar refractivity (Wildman–Crippen MR) is 87.3 cm³/mol. The van der Waals surface area contributed by atoms with Crippen molar-refractivity contribution < 1.29 is 14.3 Å². The second-order valence-corrected chi connectivity index (χ2v) is 6.03. The molecule has 0 aromatic heterocycles. The zero-order valence-electron chi connectivity index (χ0n) is 13.9. The third-order valence-electron chi connectivity index (χ3n) is 4.44. The van der Waals surface area contributed by atoms with Gasteiger partial charge in [0.2, 0.25) is 0 Å². The molecule has 4 heteroatoms. The summed E-state index contributed by atoms with van der Waals surface area (Å²) >= 11 is 0. The van der Waals surface area contributed by atoms with Crippen LogP contribution in [0.3, 0.4) is 0 Å². The molecule has 0 saturated heterocycles. The van der Waals surface area contributed by atoms with Crippen LogP contribution >= 0.6 is 0 Å². The number of hydrogen-bond acceptors (Lipinski definition) is 3. The quantitative estimate of drug-likeness (QED) is 0.780. The van der Waals surface area contributed by atoms with Gasteiger partial charge in [0.15, 0.2) is 6.10 Å². The Morgan fingerprint density at radius 2 is 1.64 bits per heavy atom. The zero-order chi connectivity index (χ0) is 15.9. The topological polar surface area (TPSA) is 38.8 Å². The van der Waals surface area contributed by atoms with E-state index in [1.165, 1.54) is 25.7 Å². The first-order valence-corrected chi connectivity index (χ1v) is 8.19. The molecule has 1 saturated carbocycles. The number of amides is 1. The molecule has 1 unspecified atom stereocenters. The van der Waals surface area contributed by atoms with Gasteiger partial charge in [-0.3, -0.25) is 4.79 Å². The second kappa shape index (κ2) is 8.06. The molecule has 4 nitrogen and oxygen atoms in total. The van der Waals surface area contributed by atoms with Crippen molar-refractivity contribution >= 4 is 5.91 Å². The summed E-state index contributed by atoms with van der Waals surface area (Å²) in [7, 11) is 3.54. The van der Waals surface area contributed by atoms with Gasteiger partial charge in [-0.25, -0.2) is 0 Å². The molecule has 1 aliphatic carbocycles. The first kappa shape index (κ1) is 16.7. The highest BCUT2D eigenvalue weighted by atomic mass is 16.5. The van der Waals surface area contributed by atoms with E-state index in [2.05, 4.69) is 0 Å². The van der Waals surface area contributed by atoms with Crippen molar-refractivity contribution in [1.82, 2.24) is 4.90 Å². The number of carbonyl (C=O) groups excluding carboxylic acids is 1. The van der Waals surface area contributed by atoms with Gasteiger partial charge in [0.1, 0.15) is 11.5 Å². The molecule has 22 heavy (non-hydrogen) atoms. The van der Waals surface area contributed by atoms with E-state index in [9.17, 15) is 4.79 Å². The Kier molecular flexibility index (Phi) is 6.10. The average Bonchev–Trinajstić information content (AvgIpc) is 2.83. The van der Waals surface area contributed by atoms with Crippen LogP contribution < -0.4 is 9.47 Å². The molecule has 1 atom stereocenters. The van der Waals surface area contributed by atoms with E-state index < -0.39 is 6.10 Å². The van der Waals surface area contributed by atoms with Crippen molar-refractivity contribution in [2.24, 2.45) is 0 Å². The van der Waals surface area contributed by atoms with Crippen LogP contribution in [0.25, 0.3) is 0 Å². The van der Waals surface area contributed by atoms with Crippen LogP contribution in [-0.4, -0.2) is 37.1 Å². The van der Waals surface area contributed by atoms with Gasteiger partial charge in [-0.2, -0.15) is 0 Å². The van der Waals surface area contributed by atoms with Gasteiger partial charge in [-0.1, -0.05) is 25.7 Å². The third-order valence-corrected chi connectivity index (χ3v) is 4.44. The summed E-state index contributed by atoms with van der Waals surface area (Å²) < 4.78 is 10.9. The maximum Gasteiger partial charge on any atom is 0.263 e. The Morgan fingerprint density at radius 1 is 1.09 bits per heavy atom. The van der Waals surface area contributed by atoms with Crippen molar-refractivity contribution in [3.8, 4) is 11.5 Å². The van der Waals surface area contributed by atoms with E-state index in [1.54, 1.807) is 7.11 Å². The summed E-state index contributed by atoms with van der Waals surface area (Å²) in [5.41, 5.74) is 0. The fraction of sp³-hybridized carbons (Fsp3) is 0.611. The summed E-state index contributed by atoms with van der Waals surface area (Å²) in [6, 6.07) is 7.68. The highest BCUT2D eigenvalue weighted by molar-refractivity contribution is 5.81. The Morgan fingerprint density at radius 3 is 2.18 bits per heavy atom. The summed E-state index contributed by atoms with van der Waals surface area (Å²) in [6.45, 7) is 1.82. The minimum atomic E-state index is -0.471. The predicted octanol–water partition coefficient (Wildman–Crippen LogP) is 3.64. The first-order chi connectivity index (χ1) is 10.6. The lowest BCUT2D eigenvalue weighted by Crippen LogP contribution is -2.43. The van der Waals surface area contributed by atoms with Gasteiger partial charge in [0, 0.05) is 13.1 Å². The normalized spacial score (nSPS) is 17.4. The Bertz CT molecular complexity index is 464. The van der Waals surface area contributed by atoms with E-state index >= 15 is 0 Å². The number of ether oxygens (including phenoxy) is 2. The molecule has 0 heterocycles. The van der Waals surface area contributed by atoms with E-state index in [1.807, 2.05) is 43.1 Å². The third kappa shape index (κ3) is 4.39. The molecule has 1 aliphatic rings.